The molecular formula is C21H22N2O5S. The van der Waals surface area contributed by atoms with E-state index >= 15 is 0 Å². The number of benzene rings is 1. The van der Waals surface area contributed by atoms with Gasteiger partial charge in [-0.25, -0.2) is 14.6 Å². The number of thiophene rings is 1. The van der Waals surface area contributed by atoms with Crippen LogP contribution in [0.5, 0.6) is 0 Å². The Bertz CT molecular complexity index is 1110. The lowest BCUT2D eigenvalue weighted by molar-refractivity contribution is 0.0319. The number of hydrogen-bond donors (Lipinski definition) is 1. The van der Waals surface area contributed by atoms with Gasteiger partial charge < -0.3 is 14.5 Å². The molecule has 29 heavy (non-hydrogen) atoms. The van der Waals surface area contributed by atoms with Crippen molar-refractivity contribution in [1.82, 2.24) is 9.97 Å². The van der Waals surface area contributed by atoms with E-state index in [2.05, 4.69) is 9.97 Å². The number of nitrogens with one attached hydrogen (secondary N) is 1. The number of aryl methyl sites for hydroxylation is 2. The second kappa shape index (κ2) is 8.57. The number of aromatic nitrogens is 2. The van der Waals surface area contributed by atoms with Crippen LogP contribution in [0.4, 0.5) is 0 Å². The number of carbonyl (C=O) groups excluding carboxylic acids is 2. The molecule has 0 fully saturated rings. The van der Waals surface area contributed by atoms with Crippen molar-refractivity contribution in [3.8, 4) is 0 Å². The summed E-state index contributed by atoms with van der Waals surface area (Å²) in [7, 11) is 0. The molecule has 0 spiro atoms. The number of rotatable bonds is 6. The smallest absolute Gasteiger partial charge is 0.348 e. The second-order valence-corrected chi connectivity index (χ2v) is 7.51. The van der Waals surface area contributed by atoms with Crippen LogP contribution in [-0.2, 0) is 15.9 Å². The van der Waals surface area contributed by atoms with Crippen LogP contribution >= 0.6 is 11.3 Å². The fourth-order valence-electron chi connectivity index (χ4n) is 2.91. The fraction of sp³-hybridized carbons (Fsp3) is 0.333. The third-order valence-corrected chi connectivity index (χ3v) is 5.71. The maximum atomic E-state index is 12.6. The van der Waals surface area contributed by atoms with Crippen LogP contribution in [0.25, 0.3) is 10.2 Å². The number of fused-ring (bicyclic) bond motifs is 1. The minimum Gasteiger partial charge on any atom is -0.462 e. The van der Waals surface area contributed by atoms with Crippen molar-refractivity contribution >= 4 is 33.5 Å². The minimum absolute atomic E-state index is 0.220. The quantitative estimate of drug-likeness (QED) is 0.613. The lowest BCUT2D eigenvalue weighted by atomic mass is 10.1. The molecule has 2 heterocycles. The van der Waals surface area contributed by atoms with E-state index in [0.29, 0.717) is 26.2 Å². The predicted molar refractivity (Wildman–Crippen MR) is 111 cm³/mol. The standard InChI is InChI=1S/C21H22N2O5S/c1-5-13-7-9-14(10-8-13)20(25)28-12(4)17-22-18(24)15-11(3)16(21(26)27-6-2)29-19(15)23-17/h7-10,12H,5-6H2,1-4H3,(H,22,23,24)/t12-/m0/s1. The van der Waals surface area contributed by atoms with Crippen LogP contribution < -0.4 is 5.56 Å². The number of aromatic amines is 1. The first-order valence-electron chi connectivity index (χ1n) is 9.36. The first-order valence-corrected chi connectivity index (χ1v) is 10.2. The van der Waals surface area contributed by atoms with Gasteiger partial charge in [0.25, 0.3) is 5.56 Å². The van der Waals surface area contributed by atoms with Crippen molar-refractivity contribution in [2.24, 2.45) is 0 Å². The van der Waals surface area contributed by atoms with Gasteiger partial charge in [0.05, 0.1) is 17.6 Å². The summed E-state index contributed by atoms with van der Waals surface area (Å²) < 4.78 is 10.5. The van der Waals surface area contributed by atoms with E-state index in [4.69, 9.17) is 9.47 Å². The van der Waals surface area contributed by atoms with E-state index in [9.17, 15) is 14.4 Å². The van der Waals surface area contributed by atoms with E-state index in [0.717, 1.165) is 23.3 Å². The van der Waals surface area contributed by atoms with Crippen molar-refractivity contribution in [3.63, 3.8) is 0 Å². The largest absolute Gasteiger partial charge is 0.462 e. The van der Waals surface area contributed by atoms with Crippen LogP contribution in [0.15, 0.2) is 29.1 Å². The van der Waals surface area contributed by atoms with Gasteiger partial charge in [0.2, 0.25) is 0 Å². The Morgan fingerprint density at radius 3 is 2.48 bits per heavy atom. The van der Waals surface area contributed by atoms with Gasteiger partial charge in [-0.15, -0.1) is 11.3 Å². The van der Waals surface area contributed by atoms with Crippen LogP contribution in [-0.4, -0.2) is 28.5 Å². The molecule has 1 atom stereocenters. The van der Waals surface area contributed by atoms with Crippen LogP contribution in [0.1, 0.15) is 63.9 Å². The van der Waals surface area contributed by atoms with E-state index in [1.165, 1.54) is 0 Å². The molecule has 2 aromatic heterocycles. The summed E-state index contributed by atoms with van der Waals surface area (Å²) in [5, 5.41) is 0.343. The van der Waals surface area contributed by atoms with Gasteiger partial charge in [-0.1, -0.05) is 19.1 Å². The number of H-pyrrole nitrogens is 1. The average molecular weight is 414 g/mol. The lowest BCUT2D eigenvalue weighted by Crippen LogP contribution is -2.17. The molecule has 0 aliphatic rings. The van der Waals surface area contributed by atoms with E-state index < -0.39 is 18.0 Å². The van der Waals surface area contributed by atoms with Crippen LogP contribution in [0, 0.1) is 6.92 Å². The topological polar surface area (TPSA) is 98.3 Å². The van der Waals surface area contributed by atoms with E-state index in [-0.39, 0.29) is 18.0 Å². The summed E-state index contributed by atoms with van der Waals surface area (Å²) in [5.41, 5.74) is 1.69. The van der Waals surface area contributed by atoms with Gasteiger partial charge in [-0.05, 0) is 50.5 Å². The van der Waals surface area contributed by atoms with Gasteiger partial charge in [-0.3, -0.25) is 4.79 Å². The summed E-state index contributed by atoms with van der Waals surface area (Å²) in [4.78, 5) is 44.9. The Labute approximate surface area is 171 Å². The highest BCUT2D eigenvalue weighted by molar-refractivity contribution is 7.20. The Morgan fingerprint density at radius 2 is 1.86 bits per heavy atom. The van der Waals surface area contributed by atoms with Crippen LogP contribution in [0.2, 0.25) is 0 Å². The summed E-state index contributed by atoms with van der Waals surface area (Å²) in [6.45, 7) is 7.32. The molecule has 0 radical (unpaired) electrons. The van der Waals surface area contributed by atoms with Gasteiger partial charge >= 0.3 is 11.9 Å². The zero-order chi connectivity index (χ0) is 21.1. The Balaban J connectivity index is 1.87. The summed E-state index contributed by atoms with van der Waals surface area (Å²) in [6, 6.07) is 7.17. The predicted octanol–water partition coefficient (Wildman–Crippen LogP) is 3.95. The zero-order valence-corrected chi connectivity index (χ0v) is 17.5. The molecule has 7 nitrogen and oxygen atoms in total. The number of esters is 2. The van der Waals surface area contributed by atoms with Crippen molar-refractivity contribution in [2.45, 2.75) is 40.2 Å². The highest BCUT2D eigenvalue weighted by Crippen LogP contribution is 2.28. The van der Waals surface area contributed by atoms with Crippen molar-refractivity contribution < 1.29 is 19.1 Å². The number of carbonyl (C=O) groups is 2. The van der Waals surface area contributed by atoms with E-state index in [1.807, 2.05) is 19.1 Å². The second-order valence-electron chi connectivity index (χ2n) is 6.51. The van der Waals surface area contributed by atoms with Gasteiger partial charge in [0, 0.05) is 0 Å². The maximum Gasteiger partial charge on any atom is 0.348 e. The Kier molecular flexibility index (Phi) is 6.12. The normalized spacial score (nSPS) is 12.0. The zero-order valence-electron chi connectivity index (χ0n) is 16.7. The maximum absolute atomic E-state index is 12.6. The molecule has 3 rings (SSSR count). The van der Waals surface area contributed by atoms with Gasteiger partial charge in [0.15, 0.2) is 11.9 Å². The van der Waals surface area contributed by atoms with Gasteiger partial charge in [0.1, 0.15) is 9.71 Å². The molecule has 0 amide bonds. The third kappa shape index (κ3) is 4.22. The summed E-state index contributed by atoms with van der Waals surface area (Å²) in [5.74, 6) is -0.765. The number of hydrogen-bond acceptors (Lipinski definition) is 7. The highest BCUT2D eigenvalue weighted by atomic mass is 32.1. The molecule has 152 valence electrons. The Hall–Kier alpha value is -3.00. The first kappa shape index (κ1) is 20.7. The molecule has 8 heteroatoms. The summed E-state index contributed by atoms with van der Waals surface area (Å²) >= 11 is 1.09. The third-order valence-electron chi connectivity index (χ3n) is 4.55. The molecule has 1 aromatic carbocycles. The van der Waals surface area contributed by atoms with Crippen molar-refractivity contribution in [3.05, 3.63) is 62.0 Å². The molecule has 0 unspecified atom stereocenters. The van der Waals surface area contributed by atoms with Crippen molar-refractivity contribution in [2.75, 3.05) is 6.61 Å². The molecule has 1 N–H and O–H groups in total. The monoisotopic (exact) mass is 414 g/mol. The number of nitrogens with zero attached hydrogens (tertiary/aromatic N) is 1. The fourth-order valence-corrected chi connectivity index (χ4v) is 3.99. The SMILES string of the molecule is CCOC(=O)c1sc2nc([C@H](C)OC(=O)c3ccc(CC)cc3)[nH]c(=O)c2c1C. The van der Waals surface area contributed by atoms with Crippen molar-refractivity contribution in [1.29, 1.82) is 0 Å². The minimum atomic E-state index is -0.765. The summed E-state index contributed by atoms with van der Waals surface area (Å²) in [6.07, 6.45) is 0.115. The molecule has 0 bridgehead atoms. The lowest BCUT2D eigenvalue weighted by Gasteiger charge is -2.12. The van der Waals surface area contributed by atoms with Crippen LogP contribution in [0.3, 0.4) is 0 Å². The molecular weight excluding hydrogens is 392 g/mol. The molecule has 0 aliphatic carbocycles. The van der Waals surface area contributed by atoms with E-state index in [1.54, 1.807) is 32.9 Å². The number of ether oxygens (including phenoxy) is 2. The first-order chi connectivity index (χ1) is 13.8. The molecule has 0 aliphatic heterocycles. The molecule has 0 saturated heterocycles. The highest BCUT2D eigenvalue weighted by Gasteiger charge is 2.22. The Morgan fingerprint density at radius 1 is 1.17 bits per heavy atom. The molecule has 0 saturated carbocycles. The average Bonchev–Trinajstić information content (AvgIpc) is 3.05. The molecule has 3 aromatic rings. The van der Waals surface area contributed by atoms with Gasteiger partial charge in [-0.2, -0.15) is 0 Å².